The zero-order chi connectivity index (χ0) is 12.5. The SMILES string of the molecule is Oc1ccccc1CNC1CCc2sc(Cl)cc21. The fourth-order valence-electron chi connectivity index (χ4n) is 2.44. The van der Waals surface area contributed by atoms with E-state index in [1.807, 2.05) is 18.2 Å². The molecule has 18 heavy (non-hydrogen) atoms. The highest BCUT2D eigenvalue weighted by Gasteiger charge is 2.24. The van der Waals surface area contributed by atoms with Crippen LogP contribution in [0.4, 0.5) is 0 Å². The van der Waals surface area contributed by atoms with Gasteiger partial charge >= 0.3 is 0 Å². The third-order valence-corrected chi connectivity index (χ3v) is 4.72. The van der Waals surface area contributed by atoms with Gasteiger partial charge in [0, 0.05) is 23.0 Å². The van der Waals surface area contributed by atoms with Crippen molar-refractivity contribution in [2.24, 2.45) is 0 Å². The maximum absolute atomic E-state index is 9.72. The van der Waals surface area contributed by atoms with Crippen molar-refractivity contribution >= 4 is 22.9 Å². The lowest BCUT2D eigenvalue weighted by atomic mass is 10.1. The monoisotopic (exact) mass is 279 g/mol. The second kappa shape index (κ2) is 4.92. The van der Waals surface area contributed by atoms with Crippen LogP contribution in [-0.4, -0.2) is 5.11 Å². The number of phenolic OH excluding ortho intramolecular Hbond substituents is 1. The first kappa shape index (κ1) is 12.0. The molecule has 94 valence electrons. The predicted octanol–water partition coefficient (Wildman–Crippen LogP) is 3.88. The van der Waals surface area contributed by atoms with Gasteiger partial charge in [-0.3, -0.25) is 0 Å². The molecular formula is C14H14ClNOS. The van der Waals surface area contributed by atoms with E-state index in [2.05, 4.69) is 11.4 Å². The first-order chi connectivity index (χ1) is 8.74. The molecule has 4 heteroatoms. The van der Waals surface area contributed by atoms with Gasteiger partial charge < -0.3 is 10.4 Å². The Morgan fingerprint density at radius 2 is 2.22 bits per heavy atom. The Labute approximate surface area is 115 Å². The number of nitrogens with one attached hydrogen (secondary N) is 1. The molecule has 1 aromatic carbocycles. The molecule has 1 unspecified atom stereocenters. The van der Waals surface area contributed by atoms with E-state index in [4.69, 9.17) is 11.6 Å². The molecule has 0 aliphatic heterocycles. The largest absolute Gasteiger partial charge is 0.508 e. The van der Waals surface area contributed by atoms with E-state index in [0.29, 0.717) is 18.3 Å². The van der Waals surface area contributed by atoms with Crippen molar-refractivity contribution in [3.8, 4) is 5.75 Å². The lowest BCUT2D eigenvalue weighted by Crippen LogP contribution is -2.18. The molecule has 0 radical (unpaired) electrons. The molecule has 2 aromatic rings. The van der Waals surface area contributed by atoms with Crippen molar-refractivity contribution in [3.63, 3.8) is 0 Å². The van der Waals surface area contributed by atoms with Gasteiger partial charge in [0.1, 0.15) is 5.75 Å². The molecule has 0 amide bonds. The van der Waals surface area contributed by atoms with Crippen LogP contribution >= 0.6 is 22.9 Å². The number of para-hydroxylation sites is 1. The average molecular weight is 280 g/mol. The number of fused-ring (bicyclic) bond motifs is 1. The first-order valence-electron chi connectivity index (χ1n) is 6.02. The summed E-state index contributed by atoms with van der Waals surface area (Å²) in [4.78, 5) is 1.40. The zero-order valence-corrected chi connectivity index (χ0v) is 11.4. The average Bonchev–Trinajstić information content (AvgIpc) is 2.88. The van der Waals surface area contributed by atoms with E-state index in [-0.39, 0.29) is 0 Å². The second-order valence-electron chi connectivity index (χ2n) is 4.53. The Kier molecular flexibility index (Phi) is 3.29. The summed E-state index contributed by atoms with van der Waals surface area (Å²) in [6, 6.07) is 9.88. The van der Waals surface area contributed by atoms with E-state index in [1.165, 1.54) is 10.4 Å². The van der Waals surface area contributed by atoms with Crippen molar-refractivity contribution < 1.29 is 5.11 Å². The number of hydrogen-bond donors (Lipinski definition) is 2. The molecule has 0 saturated carbocycles. The molecule has 0 saturated heterocycles. The topological polar surface area (TPSA) is 32.3 Å². The Balaban J connectivity index is 1.70. The van der Waals surface area contributed by atoms with Crippen LogP contribution in [0.2, 0.25) is 4.34 Å². The van der Waals surface area contributed by atoms with Gasteiger partial charge in [-0.2, -0.15) is 0 Å². The molecule has 1 heterocycles. The van der Waals surface area contributed by atoms with Gasteiger partial charge in [0.05, 0.1) is 4.34 Å². The second-order valence-corrected chi connectivity index (χ2v) is 6.30. The fourth-order valence-corrected chi connectivity index (χ4v) is 3.79. The maximum Gasteiger partial charge on any atom is 0.120 e. The summed E-state index contributed by atoms with van der Waals surface area (Å²) in [5.74, 6) is 0.353. The molecule has 1 aliphatic rings. The van der Waals surface area contributed by atoms with Gasteiger partial charge in [0.2, 0.25) is 0 Å². The molecule has 0 bridgehead atoms. The molecule has 1 atom stereocenters. The Morgan fingerprint density at radius 1 is 1.39 bits per heavy atom. The van der Waals surface area contributed by atoms with E-state index in [0.717, 1.165) is 22.7 Å². The van der Waals surface area contributed by atoms with Crippen LogP contribution in [0.25, 0.3) is 0 Å². The normalized spacial score (nSPS) is 17.9. The summed E-state index contributed by atoms with van der Waals surface area (Å²) in [6.45, 7) is 0.685. The van der Waals surface area contributed by atoms with E-state index in [1.54, 1.807) is 17.4 Å². The fraction of sp³-hybridized carbons (Fsp3) is 0.286. The minimum Gasteiger partial charge on any atom is -0.508 e. The number of benzene rings is 1. The summed E-state index contributed by atoms with van der Waals surface area (Å²) in [6.07, 6.45) is 2.22. The minimum absolute atomic E-state index is 0.353. The van der Waals surface area contributed by atoms with Crippen LogP contribution < -0.4 is 5.32 Å². The molecule has 0 spiro atoms. The van der Waals surface area contributed by atoms with Gasteiger partial charge in [-0.15, -0.1) is 11.3 Å². The van der Waals surface area contributed by atoms with Gasteiger partial charge in [0.15, 0.2) is 0 Å². The van der Waals surface area contributed by atoms with Gasteiger partial charge in [0.25, 0.3) is 0 Å². The molecule has 3 rings (SSSR count). The van der Waals surface area contributed by atoms with Gasteiger partial charge in [-0.1, -0.05) is 29.8 Å². The van der Waals surface area contributed by atoms with E-state index in [9.17, 15) is 5.11 Å². The number of phenols is 1. The summed E-state index contributed by atoms with van der Waals surface area (Å²) >= 11 is 7.72. The molecule has 1 aromatic heterocycles. The molecule has 2 nitrogen and oxygen atoms in total. The number of halogens is 1. The Hall–Kier alpha value is -1.03. The van der Waals surface area contributed by atoms with E-state index < -0.39 is 0 Å². The predicted molar refractivity (Wildman–Crippen MR) is 75.3 cm³/mol. The lowest BCUT2D eigenvalue weighted by Gasteiger charge is -2.13. The lowest BCUT2D eigenvalue weighted by molar-refractivity contribution is 0.456. The van der Waals surface area contributed by atoms with Crippen molar-refractivity contribution in [3.05, 3.63) is 50.7 Å². The first-order valence-corrected chi connectivity index (χ1v) is 7.22. The van der Waals surface area contributed by atoms with E-state index >= 15 is 0 Å². The molecule has 2 N–H and O–H groups in total. The van der Waals surface area contributed by atoms with Crippen molar-refractivity contribution in [1.29, 1.82) is 0 Å². The van der Waals surface area contributed by atoms with Crippen LogP contribution in [0.15, 0.2) is 30.3 Å². The van der Waals surface area contributed by atoms with Crippen molar-refractivity contribution in [2.45, 2.75) is 25.4 Å². The highest BCUT2D eigenvalue weighted by Crippen LogP contribution is 2.39. The summed E-state index contributed by atoms with van der Waals surface area (Å²) in [5.41, 5.74) is 2.27. The molecular weight excluding hydrogens is 266 g/mol. The number of aryl methyl sites for hydroxylation is 1. The third-order valence-electron chi connectivity index (χ3n) is 3.38. The minimum atomic E-state index is 0.353. The van der Waals surface area contributed by atoms with Gasteiger partial charge in [-0.05, 0) is 30.5 Å². The molecule has 1 aliphatic carbocycles. The van der Waals surface area contributed by atoms with Crippen molar-refractivity contribution in [2.75, 3.05) is 0 Å². The van der Waals surface area contributed by atoms with Gasteiger partial charge in [-0.25, -0.2) is 0 Å². The third kappa shape index (κ3) is 2.26. The zero-order valence-electron chi connectivity index (χ0n) is 9.82. The van der Waals surface area contributed by atoms with Crippen LogP contribution in [0.5, 0.6) is 5.75 Å². The van der Waals surface area contributed by atoms with Crippen molar-refractivity contribution in [1.82, 2.24) is 5.32 Å². The van der Waals surface area contributed by atoms with Crippen LogP contribution in [0, 0.1) is 0 Å². The molecule has 0 fully saturated rings. The van der Waals surface area contributed by atoms with Crippen LogP contribution in [0.1, 0.15) is 28.5 Å². The Bertz CT molecular complexity index is 567. The van der Waals surface area contributed by atoms with Crippen LogP contribution in [0.3, 0.4) is 0 Å². The summed E-state index contributed by atoms with van der Waals surface area (Å²) < 4.78 is 0.869. The number of rotatable bonds is 3. The summed E-state index contributed by atoms with van der Waals surface area (Å²) in [7, 11) is 0. The number of hydrogen-bond acceptors (Lipinski definition) is 3. The smallest absolute Gasteiger partial charge is 0.120 e. The van der Waals surface area contributed by atoms with Crippen LogP contribution in [-0.2, 0) is 13.0 Å². The number of thiophene rings is 1. The Morgan fingerprint density at radius 3 is 3.06 bits per heavy atom. The summed E-state index contributed by atoms with van der Waals surface area (Å²) in [5, 5.41) is 13.2. The highest BCUT2D eigenvalue weighted by atomic mass is 35.5. The number of aromatic hydroxyl groups is 1. The quantitative estimate of drug-likeness (QED) is 0.893. The highest BCUT2D eigenvalue weighted by molar-refractivity contribution is 7.16. The standard InChI is InChI=1S/C14H14ClNOS/c15-14-7-10-11(5-6-13(10)18-14)16-8-9-3-1-2-4-12(9)17/h1-4,7,11,16-17H,5-6,8H2. The maximum atomic E-state index is 9.72.